The molecular formula is C15H23NO2. The molecule has 1 aliphatic rings. The number of rotatable bonds is 3. The molecule has 1 aliphatic heterocycles. The fourth-order valence-corrected chi connectivity index (χ4v) is 2.28. The van der Waals surface area contributed by atoms with Gasteiger partial charge in [-0.1, -0.05) is 12.1 Å². The SMILES string of the molecule is COc1ccc(CN2CC(C)OCC2(C)C)cc1. The molecule has 0 aromatic heterocycles. The molecule has 1 atom stereocenters. The quantitative estimate of drug-likeness (QED) is 0.822. The number of hydrogen-bond donors (Lipinski definition) is 0. The van der Waals surface area contributed by atoms with Gasteiger partial charge in [-0.15, -0.1) is 0 Å². The first-order chi connectivity index (χ1) is 8.51. The van der Waals surface area contributed by atoms with Gasteiger partial charge in [-0.3, -0.25) is 4.90 Å². The van der Waals surface area contributed by atoms with Gasteiger partial charge in [0.25, 0.3) is 0 Å². The van der Waals surface area contributed by atoms with E-state index in [-0.39, 0.29) is 5.54 Å². The van der Waals surface area contributed by atoms with Gasteiger partial charge in [-0.2, -0.15) is 0 Å². The highest BCUT2D eigenvalue weighted by atomic mass is 16.5. The van der Waals surface area contributed by atoms with Crippen LogP contribution in [0.4, 0.5) is 0 Å². The van der Waals surface area contributed by atoms with Crippen molar-refractivity contribution in [1.82, 2.24) is 4.90 Å². The minimum absolute atomic E-state index is 0.104. The largest absolute Gasteiger partial charge is 0.497 e. The average molecular weight is 249 g/mol. The van der Waals surface area contributed by atoms with Gasteiger partial charge in [0.1, 0.15) is 5.75 Å². The fraction of sp³-hybridized carbons (Fsp3) is 0.600. The molecule has 0 spiro atoms. The normalized spacial score (nSPS) is 23.9. The average Bonchev–Trinajstić information content (AvgIpc) is 2.35. The number of ether oxygens (including phenoxy) is 2. The van der Waals surface area contributed by atoms with Gasteiger partial charge < -0.3 is 9.47 Å². The molecule has 0 radical (unpaired) electrons. The van der Waals surface area contributed by atoms with Gasteiger partial charge in [0.05, 0.1) is 19.8 Å². The van der Waals surface area contributed by atoms with Crippen molar-refractivity contribution < 1.29 is 9.47 Å². The molecule has 3 nitrogen and oxygen atoms in total. The lowest BCUT2D eigenvalue weighted by atomic mass is 10.00. The number of hydrogen-bond acceptors (Lipinski definition) is 3. The van der Waals surface area contributed by atoms with Crippen molar-refractivity contribution in [3.05, 3.63) is 29.8 Å². The zero-order valence-corrected chi connectivity index (χ0v) is 11.8. The Hall–Kier alpha value is -1.06. The Kier molecular flexibility index (Phi) is 3.93. The Morgan fingerprint density at radius 2 is 2.00 bits per heavy atom. The van der Waals surface area contributed by atoms with Crippen molar-refractivity contribution in [1.29, 1.82) is 0 Å². The summed E-state index contributed by atoms with van der Waals surface area (Å²) in [6.07, 6.45) is 0.316. The molecule has 0 saturated carbocycles. The molecule has 18 heavy (non-hydrogen) atoms. The zero-order chi connectivity index (χ0) is 13.2. The van der Waals surface area contributed by atoms with Gasteiger partial charge in [0.15, 0.2) is 0 Å². The number of benzene rings is 1. The lowest BCUT2D eigenvalue weighted by molar-refractivity contribution is -0.0949. The summed E-state index contributed by atoms with van der Waals surface area (Å²) >= 11 is 0. The van der Waals surface area contributed by atoms with E-state index in [4.69, 9.17) is 9.47 Å². The zero-order valence-electron chi connectivity index (χ0n) is 11.8. The van der Waals surface area contributed by atoms with Gasteiger partial charge in [0, 0.05) is 18.6 Å². The van der Waals surface area contributed by atoms with E-state index in [0.717, 1.165) is 25.4 Å². The maximum Gasteiger partial charge on any atom is 0.118 e. The maximum atomic E-state index is 5.74. The Morgan fingerprint density at radius 1 is 1.33 bits per heavy atom. The lowest BCUT2D eigenvalue weighted by Crippen LogP contribution is -2.54. The fourth-order valence-electron chi connectivity index (χ4n) is 2.28. The minimum atomic E-state index is 0.104. The summed E-state index contributed by atoms with van der Waals surface area (Å²) in [6.45, 7) is 9.36. The molecule has 0 amide bonds. The van der Waals surface area contributed by atoms with Crippen molar-refractivity contribution >= 4 is 0 Å². The summed E-state index contributed by atoms with van der Waals surface area (Å²) in [4.78, 5) is 2.49. The molecule has 1 fully saturated rings. The number of morpholine rings is 1. The predicted octanol–water partition coefficient (Wildman–Crippen LogP) is 2.69. The summed E-state index contributed by atoms with van der Waals surface area (Å²) in [5.41, 5.74) is 1.42. The third-order valence-corrected chi connectivity index (χ3v) is 3.59. The number of nitrogens with zero attached hydrogens (tertiary/aromatic N) is 1. The van der Waals surface area contributed by atoms with E-state index in [1.165, 1.54) is 5.56 Å². The smallest absolute Gasteiger partial charge is 0.118 e. The molecule has 0 aliphatic carbocycles. The highest BCUT2D eigenvalue weighted by molar-refractivity contribution is 5.27. The van der Waals surface area contributed by atoms with Crippen LogP contribution in [0.3, 0.4) is 0 Å². The third-order valence-electron chi connectivity index (χ3n) is 3.59. The van der Waals surface area contributed by atoms with Crippen LogP contribution in [0.5, 0.6) is 5.75 Å². The van der Waals surface area contributed by atoms with Crippen LogP contribution in [0.2, 0.25) is 0 Å². The summed E-state index contributed by atoms with van der Waals surface area (Å²) < 4.78 is 10.9. The Morgan fingerprint density at radius 3 is 2.61 bits per heavy atom. The lowest BCUT2D eigenvalue weighted by Gasteiger charge is -2.44. The van der Waals surface area contributed by atoms with Crippen molar-refractivity contribution in [2.45, 2.75) is 39.0 Å². The Labute approximate surface area is 110 Å². The van der Waals surface area contributed by atoms with E-state index in [1.54, 1.807) is 7.11 Å². The van der Waals surface area contributed by atoms with E-state index >= 15 is 0 Å². The van der Waals surface area contributed by atoms with Crippen LogP contribution in [0.15, 0.2) is 24.3 Å². The van der Waals surface area contributed by atoms with E-state index in [2.05, 4.69) is 37.8 Å². The Balaban J connectivity index is 2.06. The van der Waals surface area contributed by atoms with Gasteiger partial charge in [0.2, 0.25) is 0 Å². The van der Waals surface area contributed by atoms with Crippen molar-refractivity contribution in [3.63, 3.8) is 0 Å². The summed E-state index contributed by atoms with van der Waals surface area (Å²) in [6, 6.07) is 8.31. The molecule has 0 bridgehead atoms. The molecule has 3 heteroatoms. The highest BCUT2D eigenvalue weighted by Crippen LogP contribution is 2.24. The second-order valence-electron chi connectivity index (χ2n) is 5.66. The van der Waals surface area contributed by atoms with Crippen LogP contribution in [0.1, 0.15) is 26.3 Å². The van der Waals surface area contributed by atoms with Crippen LogP contribution in [0, 0.1) is 0 Å². The molecule has 0 N–H and O–H groups in total. The monoisotopic (exact) mass is 249 g/mol. The van der Waals surface area contributed by atoms with Crippen molar-refractivity contribution in [2.75, 3.05) is 20.3 Å². The van der Waals surface area contributed by atoms with Gasteiger partial charge in [-0.25, -0.2) is 0 Å². The number of methoxy groups -OCH3 is 1. The van der Waals surface area contributed by atoms with E-state index < -0.39 is 0 Å². The highest BCUT2D eigenvalue weighted by Gasteiger charge is 2.33. The van der Waals surface area contributed by atoms with E-state index in [9.17, 15) is 0 Å². The van der Waals surface area contributed by atoms with Crippen LogP contribution < -0.4 is 4.74 Å². The molecule has 100 valence electrons. The molecule has 1 aromatic rings. The van der Waals surface area contributed by atoms with Crippen LogP contribution >= 0.6 is 0 Å². The molecule has 1 heterocycles. The second-order valence-corrected chi connectivity index (χ2v) is 5.66. The van der Waals surface area contributed by atoms with Gasteiger partial charge in [-0.05, 0) is 38.5 Å². The predicted molar refractivity (Wildman–Crippen MR) is 72.9 cm³/mol. The summed E-state index contributed by atoms with van der Waals surface area (Å²) in [7, 11) is 1.70. The van der Waals surface area contributed by atoms with E-state index in [1.807, 2.05) is 12.1 Å². The Bertz CT molecular complexity index is 386. The third kappa shape index (κ3) is 3.03. The van der Waals surface area contributed by atoms with E-state index in [0.29, 0.717) is 6.10 Å². The van der Waals surface area contributed by atoms with Crippen molar-refractivity contribution in [3.8, 4) is 5.75 Å². The van der Waals surface area contributed by atoms with Crippen molar-refractivity contribution in [2.24, 2.45) is 0 Å². The van der Waals surface area contributed by atoms with Crippen LogP contribution in [-0.4, -0.2) is 36.8 Å². The van der Waals surface area contributed by atoms with Crippen LogP contribution in [0.25, 0.3) is 0 Å². The molecule has 1 aromatic carbocycles. The topological polar surface area (TPSA) is 21.7 Å². The second kappa shape index (κ2) is 5.29. The molecule has 1 unspecified atom stereocenters. The standard InChI is InChI=1S/C15H23NO2/c1-12-9-16(15(2,3)11-18-12)10-13-5-7-14(17-4)8-6-13/h5-8,12H,9-11H2,1-4H3. The minimum Gasteiger partial charge on any atom is -0.497 e. The first-order valence-electron chi connectivity index (χ1n) is 6.51. The first kappa shape index (κ1) is 13.4. The summed E-state index contributed by atoms with van der Waals surface area (Å²) in [5, 5.41) is 0. The van der Waals surface area contributed by atoms with Crippen LogP contribution in [-0.2, 0) is 11.3 Å². The maximum absolute atomic E-state index is 5.74. The molecule has 1 saturated heterocycles. The van der Waals surface area contributed by atoms with Gasteiger partial charge >= 0.3 is 0 Å². The summed E-state index contributed by atoms with van der Waals surface area (Å²) in [5.74, 6) is 0.911. The molecule has 2 rings (SSSR count). The first-order valence-corrected chi connectivity index (χ1v) is 6.51. The molecular weight excluding hydrogens is 226 g/mol.